The smallest absolute Gasteiger partial charge is 0.414 e. The molecule has 1 heterocycles. The number of aliphatic carboxylic acids is 2. The van der Waals surface area contributed by atoms with Gasteiger partial charge in [0, 0.05) is 31.7 Å². The number of benzene rings is 3. The van der Waals surface area contributed by atoms with Gasteiger partial charge in [-0.05, 0) is 41.5 Å². The molecular weight excluding hydrogens is 452 g/mol. The molecule has 0 radical (unpaired) electrons. The van der Waals surface area contributed by atoms with E-state index in [1.165, 1.54) is 0 Å². The van der Waals surface area contributed by atoms with Gasteiger partial charge in [0.05, 0.1) is 0 Å². The normalized spacial score (nSPS) is 12.9. The Bertz CT molecular complexity index is 1220. The summed E-state index contributed by atoms with van der Waals surface area (Å²) in [5.74, 6) is -2.98. The average molecular weight is 479 g/mol. The van der Waals surface area contributed by atoms with Crippen LogP contribution in [-0.2, 0) is 14.4 Å². The Balaban J connectivity index is 0.000000509. The van der Waals surface area contributed by atoms with E-state index in [0.29, 0.717) is 37.5 Å². The van der Waals surface area contributed by atoms with Crippen molar-refractivity contribution in [2.24, 2.45) is 0 Å². The minimum atomic E-state index is -1.82. The van der Waals surface area contributed by atoms with Gasteiger partial charge in [-0.25, -0.2) is 9.59 Å². The van der Waals surface area contributed by atoms with Gasteiger partial charge in [0.1, 0.15) is 5.75 Å². The van der Waals surface area contributed by atoms with Crippen LogP contribution in [0.15, 0.2) is 66.7 Å². The first kappa shape index (κ1) is 25.2. The number of hydrogen-bond donors (Lipinski definition) is 2. The Morgan fingerprint density at radius 1 is 0.800 bits per heavy atom. The van der Waals surface area contributed by atoms with Gasteiger partial charge in [0.15, 0.2) is 6.61 Å². The number of fused-ring (bicyclic) bond motifs is 1. The van der Waals surface area contributed by atoms with Crippen molar-refractivity contribution in [1.82, 2.24) is 9.80 Å². The van der Waals surface area contributed by atoms with E-state index in [1.54, 1.807) is 4.90 Å². The van der Waals surface area contributed by atoms with E-state index in [9.17, 15) is 9.59 Å². The fourth-order valence-electron chi connectivity index (χ4n) is 3.68. The lowest BCUT2D eigenvalue weighted by Crippen LogP contribution is -2.51. The fourth-order valence-corrected chi connectivity index (χ4v) is 3.68. The summed E-state index contributed by atoms with van der Waals surface area (Å²) in [7, 11) is 0. The SMILES string of the molecule is Cc1cccc(OCC(=O)N2CCN(C(=O)c3cccc4ccccc34)CC2)c1.O=C(O)C(=O)O. The molecule has 0 bridgehead atoms. The summed E-state index contributed by atoms with van der Waals surface area (Å²) in [6, 6.07) is 21.4. The predicted octanol–water partition coefficient (Wildman–Crippen LogP) is 2.67. The summed E-state index contributed by atoms with van der Waals surface area (Å²) in [6.45, 7) is 4.09. The summed E-state index contributed by atoms with van der Waals surface area (Å²) in [4.78, 5) is 47.3. The zero-order valence-electron chi connectivity index (χ0n) is 19.2. The number of hydrogen-bond acceptors (Lipinski definition) is 5. The molecule has 4 rings (SSSR count). The molecule has 0 spiro atoms. The van der Waals surface area contributed by atoms with Crippen LogP contribution in [0.4, 0.5) is 0 Å². The molecule has 3 aromatic rings. The highest BCUT2D eigenvalue weighted by atomic mass is 16.5. The van der Waals surface area contributed by atoms with Crippen molar-refractivity contribution in [2.45, 2.75) is 6.92 Å². The maximum Gasteiger partial charge on any atom is 0.414 e. The molecule has 3 aromatic carbocycles. The van der Waals surface area contributed by atoms with Gasteiger partial charge in [0.25, 0.3) is 11.8 Å². The Labute approximate surface area is 202 Å². The van der Waals surface area contributed by atoms with Crippen LogP contribution in [0, 0.1) is 6.92 Å². The van der Waals surface area contributed by atoms with Crippen molar-refractivity contribution in [1.29, 1.82) is 0 Å². The third-order valence-electron chi connectivity index (χ3n) is 5.47. The van der Waals surface area contributed by atoms with Gasteiger partial charge in [0.2, 0.25) is 0 Å². The number of rotatable bonds is 4. The van der Waals surface area contributed by atoms with Crippen LogP contribution in [0.1, 0.15) is 15.9 Å². The molecule has 35 heavy (non-hydrogen) atoms. The second kappa shape index (κ2) is 11.6. The molecule has 2 N–H and O–H groups in total. The van der Waals surface area contributed by atoms with Crippen LogP contribution < -0.4 is 4.74 Å². The van der Waals surface area contributed by atoms with Crippen molar-refractivity contribution >= 4 is 34.5 Å². The number of ether oxygens (including phenoxy) is 1. The first-order valence-electron chi connectivity index (χ1n) is 11.0. The molecule has 2 amide bonds. The minimum Gasteiger partial charge on any atom is -0.484 e. The van der Waals surface area contributed by atoms with Crippen molar-refractivity contribution in [3.05, 3.63) is 77.9 Å². The van der Waals surface area contributed by atoms with E-state index in [1.807, 2.05) is 78.6 Å². The summed E-state index contributed by atoms with van der Waals surface area (Å²) < 4.78 is 5.62. The Hall–Kier alpha value is -4.40. The zero-order valence-corrected chi connectivity index (χ0v) is 19.2. The molecule has 0 aromatic heterocycles. The second-order valence-corrected chi connectivity index (χ2v) is 7.92. The summed E-state index contributed by atoms with van der Waals surface area (Å²) in [5, 5.41) is 16.8. The van der Waals surface area contributed by atoms with Crippen molar-refractivity contribution in [3.8, 4) is 5.75 Å². The number of piperazine rings is 1. The Morgan fingerprint density at radius 2 is 1.40 bits per heavy atom. The number of carboxylic acid groups (broad SMARTS) is 2. The van der Waals surface area contributed by atoms with Gasteiger partial charge in [-0.1, -0.05) is 48.5 Å². The van der Waals surface area contributed by atoms with Crippen LogP contribution in [0.3, 0.4) is 0 Å². The van der Waals surface area contributed by atoms with E-state index in [4.69, 9.17) is 24.5 Å². The number of carbonyl (C=O) groups excluding carboxylic acids is 2. The van der Waals surface area contributed by atoms with Crippen molar-refractivity contribution < 1.29 is 34.1 Å². The van der Waals surface area contributed by atoms with E-state index < -0.39 is 11.9 Å². The van der Waals surface area contributed by atoms with Crippen molar-refractivity contribution in [2.75, 3.05) is 32.8 Å². The molecular formula is C26H26N2O7. The molecule has 1 fully saturated rings. The van der Waals surface area contributed by atoms with Crippen LogP contribution in [-0.4, -0.2) is 76.6 Å². The monoisotopic (exact) mass is 478 g/mol. The Kier molecular flexibility index (Phi) is 8.39. The maximum absolute atomic E-state index is 13.0. The molecule has 9 heteroatoms. The quantitative estimate of drug-likeness (QED) is 0.553. The zero-order chi connectivity index (χ0) is 25.4. The van der Waals surface area contributed by atoms with Gasteiger partial charge >= 0.3 is 11.9 Å². The third kappa shape index (κ3) is 6.80. The largest absolute Gasteiger partial charge is 0.484 e. The maximum atomic E-state index is 13.0. The number of nitrogens with zero attached hydrogens (tertiary/aromatic N) is 2. The van der Waals surface area contributed by atoms with Crippen molar-refractivity contribution in [3.63, 3.8) is 0 Å². The summed E-state index contributed by atoms with van der Waals surface area (Å²) >= 11 is 0. The second-order valence-electron chi connectivity index (χ2n) is 7.92. The van der Waals surface area contributed by atoms with Crippen LogP contribution in [0.25, 0.3) is 10.8 Å². The average Bonchev–Trinajstić information content (AvgIpc) is 2.87. The highest BCUT2D eigenvalue weighted by molar-refractivity contribution is 6.27. The van der Waals surface area contributed by atoms with Gasteiger partial charge < -0.3 is 24.7 Å². The fraction of sp³-hybridized carbons (Fsp3) is 0.231. The molecule has 0 aliphatic carbocycles. The Morgan fingerprint density at radius 3 is 2.06 bits per heavy atom. The number of amides is 2. The van der Waals surface area contributed by atoms with Crippen LogP contribution in [0.2, 0.25) is 0 Å². The van der Waals surface area contributed by atoms with E-state index in [-0.39, 0.29) is 18.4 Å². The number of carbonyl (C=O) groups is 4. The summed E-state index contributed by atoms with van der Waals surface area (Å²) in [5.41, 5.74) is 1.81. The first-order valence-corrected chi connectivity index (χ1v) is 11.0. The molecule has 1 aliphatic heterocycles. The first-order chi connectivity index (χ1) is 16.8. The van der Waals surface area contributed by atoms with Crippen LogP contribution in [0.5, 0.6) is 5.75 Å². The van der Waals surface area contributed by atoms with Gasteiger partial charge in [-0.15, -0.1) is 0 Å². The molecule has 0 unspecified atom stereocenters. The third-order valence-corrected chi connectivity index (χ3v) is 5.47. The predicted molar refractivity (Wildman–Crippen MR) is 128 cm³/mol. The molecule has 182 valence electrons. The van der Waals surface area contributed by atoms with E-state index in [0.717, 1.165) is 16.3 Å². The number of carboxylic acids is 2. The molecule has 0 atom stereocenters. The lowest BCUT2D eigenvalue weighted by atomic mass is 10.0. The van der Waals surface area contributed by atoms with E-state index >= 15 is 0 Å². The molecule has 0 saturated carbocycles. The minimum absolute atomic E-state index is 0.0146. The van der Waals surface area contributed by atoms with E-state index in [2.05, 4.69) is 0 Å². The molecule has 1 saturated heterocycles. The topological polar surface area (TPSA) is 124 Å². The van der Waals surface area contributed by atoms with Gasteiger partial charge in [-0.2, -0.15) is 0 Å². The summed E-state index contributed by atoms with van der Waals surface area (Å²) in [6.07, 6.45) is 0. The lowest BCUT2D eigenvalue weighted by molar-refractivity contribution is -0.159. The lowest BCUT2D eigenvalue weighted by Gasteiger charge is -2.35. The van der Waals surface area contributed by atoms with Crippen LogP contribution >= 0.6 is 0 Å². The molecule has 9 nitrogen and oxygen atoms in total. The highest BCUT2D eigenvalue weighted by Gasteiger charge is 2.25. The van der Waals surface area contributed by atoms with Gasteiger partial charge in [-0.3, -0.25) is 9.59 Å². The highest BCUT2D eigenvalue weighted by Crippen LogP contribution is 2.21. The standard InChI is InChI=1S/C24H24N2O3.C2H2O4/c1-18-6-4-9-20(16-18)29-17-23(27)25-12-14-26(15-13-25)24(28)22-11-5-8-19-7-2-3-10-21(19)22;3-1(4)2(5)6/h2-11,16H,12-15,17H2,1H3;(H,3,4)(H,5,6). The number of aryl methyl sites for hydroxylation is 1. The molecule has 1 aliphatic rings.